The van der Waals surface area contributed by atoms with Crippen LogP contribution in [0, 0.1) is 23.1 Å². The van der Waals surface area contributed by atoms with Crippen molar-refractivity contribution in [2.75, 3.05) is 25.5 Å². The number of halogens is 2. The van der Waals surface area contributed by atoms with E-state index in [4.69, 9.17) is 15.1 Å². The highest BCUT2D eigenvalue weighted by molar-refractivity contribution is 5.96. The number of nitrogens with one attached hydrogen (secondary N) is 2. The molecule has 1 unspecified atom stereocenters. The van der Waals surface area contributed by atoms with Crippen molar-refractivity contribution >= 4 is 28.6 Å². The van der Waals surface area contributed by atoms with Crippen LogP contribution in [0.4, 0.5) is 14.7 Å². The van der Waals surface area contributed by atoms with Gasteiger partial charge in [-0.3, -0.25) is 5.32 Å². The maximum absolute atomic E-state index is 14.5. The number of aromatic nitrogens is 2. The van der Waals surface area contributed by atoms with Gasteiger partial charge < -0.3 is 19.7 Å². The number of rotatable bonds is 2. The summed E-state index contributed by atoms with van der Waals surface area (Å²) in [6.07, 6.45) is 4.64. The number of aliphatic hydroxyl groups excluding tert-OH is 1. The van der Waals surface area contributed by atoms with Crippen LogP contribution in [0.5, 0.6) is 5.75 Å². The highest BCUT2D eigenvalue weighted by Gasteiger charge is 2.22. The zero-order chi connectivity index (χ0) is 25.9. The highest BCUT2D eigenvalue weighted by Crippen LogP contribution is 2.39. The number of H-pyrrole nitrogens is 1. The fourth-order valence-electron chi connectivity index (χ4n) is 4.55. The normalized spacial score (nSPS) is 17.7. The van der Waals surface area contributed by atoms with Crippen LogP contribution in [-0.2, 0) is 6.61 Å². The Morgan fingerprint density at radius 2 is 2.05 bits per heavy atom. The summed E-state index contributed by atoms with van der Waals surface area (Å²) in [5.74, 6) is -0.0766. The quantitative estimate of drug-likeness (QED) is 0.267. The molecule has 0 radical (unpaired) electrons. The first kappa shape index (κ1) is 24.4. The second-order valence-electron chi connectivity index (χ2n) is 9.06. The first-order valence-corrected chi connectivity index (χ1v) is 11.8. The number of anilines is 1. The zero-order valence-electron chi connectivity index (χ0n) is 20.1. The summed E-state index contributed by atoms with van der Waals surface area (Å²) < 4.78 is 34.1. The largest absolute Gasteiger partial charge is 0.488 e. The molecule has 6 rings (SSSR count). The van der Waals surface area contributed by atoms with Crippen molar-refractivity contribution in [3.63, 3.8) is 0 Å². The van der Waals surface area contributed by atoms with E-state index in [0.717, 1.165) is 36.2 Å². The minimum absolute atomic E-state index is 0.0125. The number of hydrogen-bond donors (Lipinski definition) is 3. The third-order valence-electron chi connectivity index (χ3n) is 6.37. The third kappa shape index (κ3) is 5.31. The van der Waals surface area contributed by atoms with Gasteiger partial charge in [0.25, 0.3) is 0 Å². The average Bonchev–Trinajstić information content (AvgIpc) is 3.42. The number of benzene rings is 3. The van der Waals surface area contributed by atoms with Gasteiger partial charge in [-0.1, -0.05) is 18.2 Å². The van der Waals surface area contributed by atoms with Gasteiger partial charge in [-0.05, 0) is 66.6 Å². The van der Waals surface area contributed by atoms with Gasteiger partial charge >= 0.3 is 0 Å². The molecule has 1 aromatic heterocycles. The number of ether oxygens (including phenoxy) is 1. The number of nitrogens with zero attached hydrogens (tertiary/aromatic N) is 3. The fourth-order valence-corrected chi connectivity index (χ4v) is 4.55. The summed E-state index contributed by atoms with van der Waals surface area (Å²) >= 11 is 0. The van der Waals surface area contributed by atoms with E-state index in [1.165, 1.54) is 18.2 Å². The molecule has 3 heterocycles. The maximum Gasteiger partial charge on any atom is 0.214 e. The lowest BCUT2D eigenvalue weighted by Crippen LogP contribution is -2.15. The molecule has 0 saturated carbocycles. The first-order chi connectivity index (χ1) is 17.9. The molecule has 2 aliphatic heterocycles. The number of likely N-dealkylation sites (tertiary alicyclic amines) is 1. The smallest absolute Gasteiger partial charge is 0.214 e. The molecule has 1 saturated heterocycles. The average molecular weight is 502 g/mol. The summed E-state index contributed by atoms with van der Waals surface area (Å²) in [5, 5.41) is 20.1. The molecule has 3 aromatic carbocycles. The number of imidazole rings is 1. The Kier molecular flexibility index (Phi) is 6.86. The Labute approximate surface area is 212 Å². The molecule has 1 atom stereocenters. The van der Waals surface area contributed by atoms with Crippen molar-refractivity contribution in [1.29, 1.82) is 5.26 Å². The number of aromatic amines is 1. The molecule has 4 aromatic rings. The number of nitriles is 1. The van der Waals surface area contributed by atoms with E-state index in [1.807, 2.05) is 43.6 Å². The molecule has 0 amide bonds. The van der Waals surface area contributed by atoms with Crippen molar-refractivity contribution in [2.24, 2.45) is 0 Å². The van der Waals surface area contributed by atoms with Crippen molar-refractivity contribution in [3.8, 4) is 11.9 Å². The summed E-state index contributed by atoms with van der Waals surface area (Å²) in [7, 11) is 2.02. The van der Waals surface area contributed by atoms with Gasteiger partial charge in [0, 0.05) is 30.3 Å². The van der Waals surface area contributed by atoms with E-state index in [0.29, 0.717) is 33.9 Å². The summed E-state index contributed by atoms with van der Waals surface area (Å²) in [4.78, 5) is 9.44. The Bertz CT molecular complexity index is 1520. The molecule has 0 spiro atoms. The molecule has 37 heavy (non-hydrogen) atoms. The minimum Gasteiger partial charge on any atom is -0.488 e. The lowest BCUT2D eigenvalue weighted by molar-refractivity contribution is 0.183. The topological polar surface area (TPSA) is 97.2 Å². The van der Waals surface area contributed by atoms with Gasteiger partial charge in [0.15, 0.2) is 6.19 Å². The molecule has 0 bridgehead atoms. The van der Waals surface area contributed by atoms with Crippen LogP contribution in [0.2, 0.25) is 0 Å². The number of aliphatic hydroxyl groups is 1. The number of fused-ring (bicyclic) bond motifs is 3. The van der Waals surface area contributed by atoms with Gasteiger partial charge in [0.05, 0.1) is 17.1 Å². The Hall–Kier alpha value is -4.26. The highest BCUT2D eigenvalue weighted by atomic mass is 19.1. The van der Waals surface area contributed by atoms with Crippen molar-refractivity contribution in [1.82, 2.24) is 14.9 Å². The Morgan fingerprint density at radius 3 is 2.78 bits per heavy atom. The van der Waals surface area contributed by atoms with Crippen LogP contribution in [-0.4, -0.2) is 46.2 Å². The van der Waals surface area contributed by atoms with Crippen molar-refractivity contribution in [3.05, 3.63) is 88.5 Å². The molecule has 9 heteroatoms. The van der Waals surface area contributed by atoms with E-state index >= 15 is 0 Å². The summed E-state index contributed by atoms with van der Waals surface area (Å²) in [6.45, 7) is 1.93. The zero-order valence-corrected chi connectivity index (χ0v) is 20.1. The van der Waals surface area contributed by atoms with E-state index in [-0.39, 0.29) is 18.5 Å². The first-order valence-electron chi connectivity index (χ1n) is 11.8. The second-order valence-corrected chi connectivity index (χ2v) is 9.06. The second kappa shape index (κ2) is 10.4. The van der Waals surface area contributed by atoms with Crippen LogP contribution in [0.3, 0.4) is 0 Å². The van der Waals surface area contributed by atoms with E-state index in [1.54, 1.807) is 12.1 Å². The monoisotopic (exact) mass is 501 g/mol. The van der Waals surface area contributed by atoms with E-state index in [9.17, 15) is 8.78 Å². The molecular formula is C28H25F2N5O2. The predicted molar refractivity (Wildman–Crippen MR) is 138 cm³/mol. The molecule has 7 nitrogen and oxygen atoms in total. The number of likely N-dealkylation sites (N-methyl/N-ethyl adjacent to an activating group) is 1. The molecular weight excluding hydrogens is 476 g/mol. The van der Waals surface area contributed by atoms with Gasteiger partial charge in [0.1, 0.15) is 24.0 Å². The summed E-state index contributed by atoms with van der Waals surface area (Å²) in [6, 6.07) is 14.8. The Morgan fingerprint density at radius 1 is 1.19 bits per heavy atom. The van der Waals surface area contributed by atoms with Crippen molar-refractivity contribution < 1.29 is 18.6 Å². The van der Waals surface area contributed by atoms with E-state index < -0.39 is 5.82 Å². The van der Waals surface area contributed by atoms with Crippen LogP contribution in [0.15, 0.2) is 54.6 Å². The van der Waals surface area contributed by atoms with Crippen molar-refractivity contribution in [2.45, 2.75) is 19.1 Å². The molecule has 0 aliphatic carbocycles. The van der Waals surface area contributed by atoms with Gasteiger partial charge in [0.2, 0.25) is 5.95 Å². The minimum atomic E-state index is -0.420. The van der Waals surface area contributed by atoms with Crippen LogP contribution in [0.1, 0.15) is 28.7 Å². The van der Waals surface area contributed by atoms with Crippen LogP contribution in [0.25, 0.3) is 22.7 Å². The SMILES string of the molecule is CN1CCC(O)C1.N#CNc1nc2ccc(/C=C3/c4ccc(F)cc4OCc4c(F)cccc43)cc2[nH]1. The standard InChI is InChI=1S/C23H14F2N4O.C5H11NO/c24-14-5-6-16-17(15-2-1-3-19(25)18(15)11-30-22(16)10-14)8-13-4-7-20-21(9-13)29-23(28-20)27-12-26;1-6-3-2-5(7)4-6/h1-10H,11H2,(H2,27,28,29);5,7H,2-4H2,1H3/b17-8+;. The molecule has 2 aliphatic rings. The maximum atomic E-state index is 14.5. The lowest BCUT2D eigenvalue weighted by atomic mass is 9.92. The Balaban J connectivity index is 0.000000348. The number of hydrogen-bond acceptors (Lipinski definition) is 6. The summed E-state index contributed by atoms with van der Waals surface area (Å²) in [5.41, 5.74) is 4.79. The molecule has 188 valence electrons. The van der Waals surface area contributed by atoms with Gasteiger partial charge in [-0.25, -0.2) is 13.8 Å². The van der Waals surface area contributed by atoms with Gasteiger partial charge in [-0.2, -0.15) is 5.26 Å². The van der Waals surface area contributed by atoms with E-state index in [2.05, 4.69) is 20.2 Å². The number of β-amino-alcohol motifs (C(OH)–C–C–N with tert-alkyl or cyclic N) is 1. The van der Waals surface area contributed by atoms with Crippen LogP contribution < -0.4 is 10.1 Å². The predicted octanol–water partition coefficient (Wildman–Crippen LogP) is 4.90. The molecule has 3 N–H and O–H groups in total. The van der Waals surface area contributed by atoms with Gasteiger partial charge in [-0.15, -0.1) is 0 Å². The fraction of sp³-hybridized carbons (Fsp3) is 0.214. The lowest BCUT2D eigenvalue weighted by Gasteiger charge is -2.11. The molecule has 1 fully saturated rings. The van der Waals surface area contributed by atoms with Crippen LogP contribution >= 0.6 is 0 Å². The third-order valence-corrected chi connectivity index (χ3v) is 6.37.